The molecular weight excluding hydrogens is 348 g/mol. The molecule has 0 radical (unpaired) electrons. The standard InChI is InChI=1S/C16H20N2O4S2/c19-15(17-11-3-1-2-4-11)7-8-24(21,22)12-5-6-14-13(9-12)18-16(20)10-23-14/h5-6,9,11H,1-4,7-8,10H2,(H,17,19)(H,18,20). The van der Waals surface area contributed by atoms with Gasteiger partial charge in [-0.25, -0.2) is 8.42 Å². The van der Waals surface area contributed by atoms with E-state index < -0.39 is 9.84 Å². The van der Waals surface area contributed by atoms with Crippen LogP contribution in [0.5, 0.6) is 0 Å². The van der Waals surface area contributed by atoms with Gasteiger partial charge < -0.3 is 10.6 Å². The van der Waals surface area contributed by atoms with Crippen LogP contribution in [0.3, 0.4) is 0 Å². The SMILES string of the molecule is O=C1CSc2ccc(S(=O)(=O)CCC(=O)NC3CCCC3)cc2N1. The molecule has 1 aliphatic carbocycles. The molecule has 130 valence electrons. The molecule has 3 rings (SSSR count). The Hall–Kier alpha value is -1.54. The van der Waals surface area contributed by atoms with E-state index in [-0.39, 0.29) is 34.9 Å². The zero-order valence-corrected chi connectivity index (χ0v) is 14.8. The normalized spacial score (nSPS) is 18.1. The molecule has 0 saturated heterocycles. The number of amides is 2. The van der Waals surface area contributed by atoms with Gasteiger partial charge in [-0.2, -0.15) is 0 Å². The van der Waals surface area contributed by atoms with E-state index in [2.05, 4.69) is 10.6 Å². The van der Waals surface area contributed by atoms with E-state index >= 15 is 0 Å². The molecule has 1 aromatic rings. The van der Waals surface area contributed by atoms with E-state index in [4.69, 9.17) is 0 Å². The third kappa shape index (κ3) is 4.10. The number of nitrogens with one attached hydrogen (secondary N) is 2. The van der Waals surface area contributed by atoms with Crippen LogP contribution in [0, 0.1) is 0 Å². The summed E-state index contributed by atoms with van der Waals surface area (Å²) >= 11 is 1.38. The highest BCUT2D eigenvalue weighted by Gasteiger charge is 2.22. The molecule has 2 amide bonds. The fourth-order valence-electron chi connectivity index (χ4n) is 2.97. The van der Waals surface area contributed by atoms with Gasteiger partial charge in [-0.15, -0.1) is 11.8 Å². The second-order valence-corrected chi connectivity index (χ2v) is 9.24. The average molecular weight is 368 g/mol. The lowest BCUT2D eigenvalue weighted by Gasteiger charge is -2.17. The zero-order valence-electron chi connectivity index (χ0n) is 13.2. The first-order valence-electron chi connectivity index (χ1n) is 8.03. The highest BCUT2D eigenvalue weighted by Crippen LogP contribution is 2.33. The molecule has 8 heteroatoms. The van der Waals surface area contributed by atoms with Gasteiger partial charge in [-0.3, -0.25) is 9.59 Å². The van der Waals surface area contributed by atoms with E-state index in [0.29, 0.717) is 11.4 Å². The minimum atomic E-state index is -3.56. The Kier molecular flexibility index (Phi) is 5.15. The molecule has 2 N–H and O–H groups in total. The van der Waals surface area contributed by atoms with Crippen LogP contribution in [-0.4, -0.2) is 37.8 Å². The van der Waals surface area contributed by atoms with E-state index in [1.54, 1.807) is 6.07 Å². The topological polar surface area (TPSA) is 92.3 Å². The lowest BCUT2D eigenvalue weighted by molar-refractivity contribution is -0.121. The molecule has 24 heavy (non-hydrogen) atoms. The van der Waals surface area contributed by atoms with Gasteiger partial charge in [0.25, 0.3) is 0 Å². The first-order valence-corrected chi connectivity index (χ1v) is 10.7. The van der Waals surface area contributed by atoms with Crippen LogP contribution in [0.25, 0.3) is 0 Å². The van der Waals surface area contributed by atoms with Crippen LogP contribution in [0.1, 0.15) is 32.1 Å². The molecule has 6 nitrogen and oxygen atoms in total. The summed E-state index contributed by atoms with van der Waals surface area (Å²) in [6.07, 6.45) is 4.13. The Morgan fingerprint density at radius 2 is 2.04 bits per heavy atom. The number of rotatable bonds is 5. The number of benzene rings is 1. The third-order valence-electron chi connectivity index (χ3n) is 4.26. The molecule has 1 aromatic carbocycles. The van der Waals surface area contributed by atoms with Crippen LogP contribution < -0.4 is 10.6 Å². The van der Waals surface area contributed by atoms with Crippen LogP contribution in [0.15, 0.2) is 28.0 Å². The maximum atomic E-state index is 12.4. The second-order valence-electron chi connectivity index (χ2n) is 6.11. The summed E-state index contributed by atoms with van der Waals surface area (Å²) in [5.41, 5.74) is 0.521. The van der Waals surface area contributed by atoms with Gasteiger partial charge in [-0.05, 0) is 31.0 Å². The number of anilines is 1. The minimum absolute atomic E-state index is 0.0446. The molecule has 2 aliphatic rings. The Morgan fingerprint density at radius 1 is 1.29 bits per heavy atom. The van der Waals surface area contributed by atoms with Gasteiger partial charge in [0.2, 0.25) is 11.8 Å². The van der Waals surface area contributed by atoms with Crippen molar-refractivity contribution >= 4 is 39.1 Å². The van der Waals surface area contributed by atoms with Crippen LogP contribution in [0.4, 0.5) is 5.69 Å². The zero-order chi connectivity index (χ0) is 17.2. The summed E-state index contributed by atoms with van der Waals surface area (Å²) in [7, 11) is -3.56. The van der Waals surface area contributed by atoms with Crippen LogP contribution in [-0.2, 0) is 19.4 Å². The molecule has 1 aliphatic heterocycles. The van der Waals surface area contributed by atoms with Crippen molar-refractivity contribution in [3.05, 3.63) is 18.2 Å². The summed E-state index contributed by atoms with van der Waals surface area (Å²) in [5, 5.41) is 5.58. The summed E-state index contributed by atoms with van der Waals surface area (Å²) in [6.45, 7) is 0. The van der Waals surface area contributed by atoms with Crippen molar-refractivity contribution in [3.63, 3.8) is 0 Å². The molecule has 0 bridgehead atoms. The molecular formula is C16H20N2O4S2. The molecule has 0 spiro atoms. The molecule has 1 heterocycles. The van der Waals surface area contributed by atoms with Crippen molar-refractivity contribution < 1.29 is 18.0 Å². The molecule has 1 saturated carbocycles. The number of hydrogen-bond acceptors (Lipinski definition) is 5. The first kappa shape index (κ1) is 17.3. The average Bonchev–Trinajstić information content (AvgIpc) is 3.05. The predicted octanol–water partition coefficient (Wildman–Crippen LogP) is 1.95. The minimum Gasteiger partial charge on any atom is -0.353 e. The van der Waals surface area contributed by atoms with Crippen molar-refractivity contribution in [2.75, 3.05) is 16.8 Å². The summed E-state index contributed by atoms with van der Waals surface area (Å²) in [5.74, 6) is -0.253. The van der Waals surface area contributed by atoms with Crippen molar-refractivity contribution in [3.8, 4) is 0 Å². The van der Waals surface area contributed by atoms with Crippen LogP contribution >= 0.6 is 11.8 Å². The van der Waals surface area contributed by atoms with E-state index in [1.165, 1.54) is 23.9 Å². The Labute approximate surface area is 145 Å². The van der Waals surface area contributed by atoms with Gasteiger partial charge in [0.1, 0.15) is 0 Å². The van der Waals surface area contributed by atoms with Gasteiger partial charge in [0, 0.05) is 17.4 Å². The van der Waals surface area contributed by atoms with Gasteiger partial charge in [0.05, 0.1) is 22.1 Å². The molecule has 1 fully saturated rings. The fraction of sp³-hybridized carbons (Fsp3) is 0.500. The Bertz CT molecular complexity index is 755. The summed E-state index contributed by atoms with van der Waals surface area (Å²) in [6, 6.07) is 4.90. The lowest BCUT2D eigenvalue weighted by atomic mass is 10.2. The Morgan fingerprint density at radius 3 is 2.79 bits per heavy atom. The molecule has 0 unspecified atom stereocenters. The number of hydrogen-bond donors (Lipinski definition) is 2. The van der Waals surface area contributed by atoms with Crippen molar-refractivity contribution in [1.29, 1.82) is 0 Å². The van der Waals surface area contributed by atoms with Crippen LogP contribution in [0.2, 0.25) is 0 Å². The van der Waals surface area contributed by atoms with Crippen molar-refractivity contribution in [1.82, 2.24) is 5.32 Å². The lowest BCUT2D eigenvalue weighted by Crippen LogP contribution is -2.33. The third-order valence-corrected chi connectivity index (χ3v) is 7.05. The maximum absolute atomic E-state index is 12.4. The number of thioether (sulfide) groups is 1. The number of fused-ring (bicyclic) bond motifs is 1. The smallest absolute Gasteiger partial charge is 0.234 e. The van der Waals surface area contributed by atoms with Crippen molar-refractivity contribution in [2.45, 2.75) is 47.9 Å². The van der Waals surface area contributed by atoms with Crippen molar-refractivity contribution in [2.24, 2.45) is 0 Å². The summed E-state index contributed by atoms with van der Waals surface area (Å²) in [4.78, 5) is 24.3. The second kappa shape index (κ2) is 7.14. The highest BCUT2D eigenvalue weighted by atomic mass is 32.2. The maximum Gasteiger partial charge on any atom is 0.234 e. The number of carbonyl (C=O) groups is 2. The number of carbonyl (C=O) groups excluding carboxylic acids is 2. The first-order chi connectivity index (χ1) is 11.4. The van der Waals surface area contributed by atoms with E-state index in [1.807, 2.05) is 0 Å². The predicted molar refractivity (Wildman–Crippen MR) is 92.9 cm³/mol. The highest BCUT2D eigenvalue weighted by molar-refractivity contribution is 8.00. The molecule has 0 aromatic heterocycles. The quantitative estimate of drug-likeness (QED) is 0.829. The van der Waals surface area contributed by atoms with Gasteiger partial charge in [0.15, 0.2) is 9.84 Å². The van der Waals surface area contributed by atoms with Gasteiger partial charge >= 0.3 is 0 Å². The summed E-state index contributed by atoms with van der Waals surface area (Å²) < 4.78 is 24.9. The largest absolute Gasteiger partial charge is 0.353 e. The van der Waals surface area contributed by atoms with Gasteiger partial charge in [-0.1, -0.05) is 12.8 Å². The monoisotopic (exact) mass is 368 g/mol. The van der Waals surface area contributed by atoms with E-state index in [9.17, 15) is 18.0 Å². The Balaban J connectivity index is 1.63. The van der Waals surface area contributed by atoms with E-state index in [0.717, 1.165) is 30.6 Å². The fourth-order valence-corrected chi connectivity index (χ4v) is 5.02. The number of sulfone groups is 1. The molecule has 0 atom stereocenters.